The maximum Gasteiger partial charge on any atom is 0.408 e. The number of rotatable bonds is 4. The van der Waals surface area contributed by atoms with Crippen LogP contribution in [0.4, 0.5) is 4.79 Å². The fourth-order valence-corrected chi connectivity index (χ4v) is 2.80. The van der Waals surface area contributed by atoms with Crippen molar-refractivity contribution in [2.24, 2.45) is 0 Å². The maximum atomic E-state index is 11.9. The molecule has 0 unspecified atom stereocenters. The summed E-state index contributed by atoms with van der Waals surface area (Å²) < 4.78 is 11.4. The minimum Gasteiger partial charge on any atom is -0.490 e. The Morgan fingerprint density at radius 3 is 2.57 bits per heavy atom. The molecule has 23 heavy (non-hydrogen) atoms. The van der Waals surface area contributed by atoms with Crippen molar-refractivity contribution < 1.29 is 14.3 Å². The highest BCUT2D eigenvalue weighted by Crippen LogP contribution is 2.25. The molecule has 0 bridgehead atoms. The van der Waals surface area contributed by atoms with Gasteiger partial charge in [0.05, 0.1) is 12.1 Å². The van der Waals surface area contributed by atoms with Crippen LogP contribution in [0.2, 0.25) is 0 Å². The molecule has 1 aromatic carbocycles. The van der Waals surface area contributed by atoms with Crippen molar-refractivity contribution in [2.45, 2.75) is 77.5 Å². The van der Waals surface area contributed by atoms with E-state index in [2.05, 4.69) is 5.32 Å². The maximum absolute atomic E-state index is 11.9. The van der Waals surface area contributed by atoms with Gasteiger partial charge < -0.3 is 14.8 Å². The summed E-state index contributed by atoms with van der Waals surface area (Å²) in [7, 11) is 0. The van der Waals surface area contributed by atoms with Crippen LogP contribution in [-0.4, -0.2) is 17.8 Å². The van der Waals surface area contributed by atoms with Crippen LogP contribution >= 0.6 is 0 Å². The number of hydrogen-bond acceptors (Lipinski definition) is 3. The highest BCUT2D eigenvalue weighted by atomic mass is 16.6. The zero-order chi connectivity index (χ0) is 16.9. The normalized spacial score (nSPS) is 17.4. The van der Waals surface area contributed by atoms with Crippen molar-refractivity contribution in [3.8, 4) is 5.75 Å². The molecule has 1 amide bonds. The first-order valence-corrected chi connectivity index (χ1v) is 8.59. The summed E-state index contributed by atoms with van der Waals surface area (Å²) in [4.78, 5) is 11.9. The quantitative estimate of drug-likeness (QED) is 0.851. The van der Waals surface area contributed by atoms with Crippen LogP contribution in [-0.2, 0) is 4.74 Å². The Morgan fingerprint density at radius 1 is 1.22 bits per heavy atom. The molecule has 0 heterocycles. The molecule has 128 valence electrons. The second kappa shape index (κ2) is 7.71. The van der Waals surface area contributed by atoms with Gasteiger partial charge in [0.15, 0.2) is 0 Å². The standard InChI is InChI=1S/C19H29NO3/c1-14(20-18(21)23-19(2,3)4)15-9-8-12-17(13-15)22-16-10-6-5-7-11-16/h8-9,12-14,16H,5-7,10-11H2,1-4H3,(H,20,21)/t14-/m0/s1. The summed E-state index contributed by atoms with van der Waals surface area (Å²) in [5.41, 5.74) is 0.527. The molecule has 0 aliphatic heterocycles. The van der Waals surface area contributed by atoms with Gasteiger partial charge in [-0.15, -0.1) is 0 Å². The summed E-state index contributed by atoms with van der Waals surface area (Å²) in [6.07, 6.45) is 6.02. The Balaban J connectivity index is 1.93. The third kappa shape index (κ3) is 6.12. The van der Waals surface area contributed by atoms with Crippen molar-refractivity contribution in [1.29, 1.82) is 0 Å². The Morgan fingerprint density at radius 2 is 1.91 bits per heavy atom. The molecule has 1 atom stereocenters. The van der Waals surface area contributed by atoms with E-state index in [1.54, 1.807) is 0 Å². The lowest BCUT2D eigenvalue weighted by Gasteiger charge is -2.24. The SMILES string of the molecule is C[C@H](NC(=O)OC(C)(C)C)c1cccc(OC2CCCCC2)c1. The van der Waals surface area contributed by atoms with Gasteiger partial charge in [0.25, 0.3) is 0 Å². The van der Waals surface area contributed by atoms with E-state index in [1.807, 2.05) is 52.0 Å². The molecule has 0 spiro atoms. The Labute approximate surface area is 139 Å². The highest BCUT2D eigenvalue weighted by molar-refractivity contribution is 5.68. The van der Waals surface area contributed by atoms with Gasteiger partial charge in [0, 0.05) is 0 Å². The molecule has 0 saturated heterocycles. The molecule has 2 rings (SSSR count). The zero-order valence-corrected chi connectivity index (χ0v) is 14.7. The molecule has 1 fully saturated rings. The summed E-state index contributed by atoms with van der Waals surface area (Å²) in [5, 5.41) is 2.87. The van der Waals surface area contributed by atoms with Gasteiger partial charge in [-0.25, -0.2) is 4.79 Å². The minimum absolute atomic E-state index is 0.125. The van der Waals surface area contributed by atoms with Crippen LogP contribution in [0.25, 0.3) is 0 Å². The predicted octanol–water partition coefficient (Wildman–Crippen LogP) is 4.98. The van der Waals surface area contributed by atoms with Gasteiger partial charge in [-0.05, 0) is 71.1 Å². The molecule has 1 aromatic rings. The van der Waals surface area contributed by atoms with Crippen LogP contribution in [0.3, 0.4) is 0 Å². The minimum atomic E-state index is -0.490. The van der Waals surface area contributed by atoms with E-state index in [9.17, 15) is 4.79 Å². The van der Waals surface area contributed by atoms with Crippen molar-refractivity contribution >= 4 is 6.09 Å². The molecule has 0 aromatic heterocycles. The van der Waals surface area contributed by atoms with Gasteiger partial charge in [-0.2, -0.15) is 0 Å². The third-order valence-corrected chi connectivity index (χ3v) is 3.95. The predicted molar refractivity (Wildman–Crippen MR) is 91.7 cm³/mol. The molecular weight excluding hydrogens is 290 g/mol. The van der Waals surface area contributed by atoms with E-state index < -0.39 is 11.7 Å². The summed E-state index contributed by atoms with van der Waals surface area (Å²) in [5.74, 6) is 0.882. The lowest BCUT2D eigenvalue weighted by atomic mass is 9.98. The van der Waals surface area contributed by atoms with E-state index in [0.29, 0.717) is 6.10 Å². The summed E-state index contributed by atoms with van der Waals surface area (Å²) in [6, 6.07) is 7.84. The average Bonchev–Trinajstić information content (AvgIpc) is 2.46. The number of benzene rings is 1. The van der Waals surface area contributed by atoms with Gasteiger partial charge in [-0.1, -0.05) is 18.6 Å². The number of alkyl carbamates (subject to hydrolysis) is 1. The van der Waals surface area contributed by atoms with Crippen LogP contribution in [0.5, 0.6) is 5.75 Å². The Bertz CT molecular complexity index is 516. The number of nitrogens with one attached hydrogen (secondary N) is 1. The average molecular weight is 319 g/mol. The van der Waals surface area contributed by atoms with E-state index in [4.69, 9.17) is 9.47 Å². The summed E-state index contributed by atoms with van der Waals surface area (Å²) in [6.45, 7) is 7.52. The second-order valence-corrected chi connectivity index (χ2v) is 7.32. The van der Waals surface area contributed by atoms with E-state index in [-0.39, 0.29) is 6.04 Å². The van der Waals surface area contributed by atoms with Gasteiger partial charge in [0.2, 0.25) is 0 Å². The molecule has 4 nitrogen and oxygen atoms in total. The van der Waals surface area contributed by atoms with Gasteiger partial charge >= 0.3 is 6.09 Å². The zero-order valence-electron chi connectivity index (χ0n) is 14.7. The van der Waals surface area contributed by atoms with Crippen LogP contribution in [0.1, 0.15) is 71.4 Å². The smallest absolute Gasteiger partial charge is 0.408 e. The molecule has 1 N–H and O–H groups in total. The lowest BCUT2D eigenvalue weighted by molar-refractivity contribution is 0.0507. The first-order valence-electron chi connectivity index (χ1n) is 8.59. The van der Waals surface area contributed by atoms with Crippen molar-refractivity contribution in [3.63, 3.8) is 0 Å². The number of amides is 1. The fourth-order valence-electron chi connectivity index (χ4n) is 2.80. The van der Waals surface area contributed by atoms with Crippen molar-refractivity contribution in [2.75, 3.05) is 0 Å². The summed E-state index contributed by atoms with van der Waals surface area (Å²) >= 11 is 0. The Hall–Kier alpha value is -1.71. The van der Waals surface area contributed by atoms with Crippen molar-refractivity contribution in [1.82, 2.24) is 5.32 Å². The molecule has 1 aliphatic rings. The number of carbonyl (C=O) groups is 1. The topological polar surface area (TPSA) is 47.6 Å². The van der Waals surface area contributed by atoms with E-state index in [1.165, 1.54) is 19.3 Å². The number of carbonyl (C=O) groups excluding carboxylic acids is 1. The van der Waals surface area contributed by atoms with Crippen LogP contribution in [0.15, 0.2) is 24.3 Å². The van der Waals surface area contributed by atoms with E-state index >= 15 is 0 Å². The van der Waals surface area contributed by atoms with Gasteiger partial charge in [0.1, 0.15) is 11.4 Å². The molecule has 1 saturated carbocycles. The van der Waals surface area contributed by atoms with Crippen LogP contribution in [0, 0.1) is 0 Å². The van der Waals surface area contributed by atoms with Crippen LogP contribution < -0.4 is 10.1 Å². The number of ether oxygens (including phenoxy) is 2. The highest BCUT2D eigenvalue weighted by Gasteiger charge is 2.19. The first-order chi connectivity index (χ1) is 10.8. The monoisotopic (exact) mass is 319 g/mol. The van der Waals surface area contributed by atoms with E-state index in [0.717, 1.165) is 24.2 Å². The largest absolute Gasteiger partial charge is 0.490 e. The fraction of sp³-hybridized carbons (Fsp3) is 0.632. The molecule has 1 aliphatic carbocycles. The second-order valence-electron chi connectivity index (χ2n) is 7.32. The lowest BCUT2D eigenvalue weighted by Crippen LogP contribution is -2.34. The first kappa shape index (κ1) is 17.6. The van der Waals surface area contributed by atoms with Crippen molar-refractivity contribution in [3.05, 3.63) is 29.8 Å². The third-order valence-electron chi connectivity index (χ3n) is 3.95. The molecule has 4 heteroatoms. The Kier molecular flexibility index (Phi) is 5.91. The van der Waals surface area contributed by atoms with Gasteiger partial charge in [-0.3, -0.25) is 0 Å². The molecule has 0 radical (unpaired) electrons. The molecular formula is C19H29NO3. The number of hydrogen-bond donors (Lipinski definition) is 1.